The summed E-state index contributed by atoms with van der Waals surface area (Å²) in [5.74, 6) is 1.85. The molecule has 0 radical (unpaired) electrons. The van der Waals surface area contributed by atoms with Gasteiger partial charge in [0.25, 0.3) is 0 Å². The van der Waals surface area contributed by atoms with Crippen LogP contribution in [0.5, 0.6) is 0 Å². The van der Waals surface area contributed by atoms with E-state index in [4.69, 9.17) is 9.47 Å². The second kappa shape index (κ2) is 5.94. The molecule has 0 heterocycles. The minimum atomic E-state index is -0.101. The maximum Gasteiger partial charge on any atom is 0.146 e. The highest BCUT2D eigenvalue weighted by atomic mass is 16.7. The predicted octanol–water partition coefficient (Wildman–Crippen LogP) is 2.88. The standard InChI is InChI=1S/C16H26O3/c1-18-10-19-15-8-6-11-5-7-13(17)9-12-3-2-4-14(11)16(12)15/h4,11-13,15-17H,2-3,5-10H2,1H3/t11-,12-,13+,15+,16-/m1/s1. The molecule has 0 aliphatic heterocycles. The first kappa shape index (κ1) is 13.6. The first-order valence-corrected chi connectivity index (χ1v) is 7.78. The molecule has 2 saturated carbocycles. The van der Waals surface area contributed by atoms with Crippen LogP contribution in [0.3, 0.4) is 0 Å². The Balaban J connectivity index is 1.83. The van der Waals surface area contributed by atoms with Crippen LogP contribution in [0.15, 0.2) is 11.6 Å². The van der Waals surface area contributed by atoms with Gasteiger partial charge in [0.15, 0.2) is 0 Å². The average molecular weight is 266 g/mol. The summed E-state index contributed by atoms with van der Waals surface area (Å²) in [7, 11) is 1.69. The van der Waals surface area contributed by atoms with E-state index in [0.717, 1.165) is 25.7 Å². The summed E-state index contributed by atoms with van der Waals surface area (Å²) in [5.41, 5.74) is 1.65. The molecule has 1 N–H and O–H groups in total. The number of methoxy groups -OCH3 is 1. The molecule has 3 heteroatoms. The molecule has 19 heavy (non-hydrogen) atoms. The van der Waals surface area contributed by atoms with Gasteiger partial charge in [-0.25, -0.2) is 0 Å². The number of aliphatic hydroxyl groups is 1. The van der Waals surface area contributed by atoms with Crippen molar-refractivity contribution in [2.24, 2.45) is 17.8 Å². The second-order valence-corrected chi connectivity index (χ2v) is 6.42. The normalized spacial score (nSPS) is 42.2. The first-order chi connectivity index (χ1) is 9.29. The van der Waals surface area contributed by atoms with Gasteiger partial charge in [-0.3, -0.25) is 0 Å². The van der Waals surface area contributed by atoms with E-state index >= 15 is 0 Å². The quantitative estimate of drug-likeness (QED) is 0.630. The van der Waals surface area contributed by atoms with Gasteiger partial charge < -0.3 is 14.6 Å². The molecule has 3 nitrogen and oxygen atoms in total. The average Bonchev–Trinajstić information content (AvgIpc) is 2.43. The number of hydrogen-bond donors (Lipinski definition) is 1. The summed E-state index contributed by atoms with van der Waals surface area (Å²) >= 11 is 0. The molecule has 4 bridgehead atoms. The van der Waals surface area contributed by atoms with Crippen LogP contribution in [-0.4, -0.2) is 31.2 Å². The van der Waals surface area contributed by atoms with Gasteiger partial charge in [0.2, 0.25) is 0 Å². The van der Waals surface area contributed by atoms with Gasteiger partial charge in [0.1, 0.15) is 6.79 Å². The van der Waals surface area contributed by atoms with Crippen LogP contribution in [0, 0.1) is 17.8 Å². The lowest BCUT2D eigenvalue weighted by molar-refractivity contribution is -0.112. The third-order valence-electron chi connectivity index (χ3n) is 5.31. The van der Waals surface area contributed by atoms with E-state index < -0.39 is 0 Å². The van der Waals surface area contributed by atoms with Crippen molar-refractivity contribution in [3.8, 4) is 0 Å². The number of allylic oxidation sites excluding steroid dienone is 1. The van der Waals surface area contributed by atoms with Crippen LogP contribution in [0.4, 0.5) is 0 Å². The number of hydrogen-bond acceptors (Lipinski definition) is 3. The summed E-state index contributed by atoms with van der Waals surface area (Å²) in [6.07, 6.45) is 10.6. The maximum absolute atomic E-state index is 10.2. The van der Waals surface area contributed by atoms with E-state index in [9.17, 15) is 5.11 Å². The van der Waals surface area contributed by atoms with Gasteiger partial charge in [-0.2, -0.15) is 0 Å². The van der Waals surface area contributed by atoms with Crippen LogP contribution in [0.2, 0.25) is 0 Å². The van der Waals surface area contributed by atoms with E-state index in [1.807, 2.05) is 0 Å². The van der Waals surface area contributed by atoms with Crippen molar-refractivity contribution < 1.29 is 14.6 Å². The SMILES string of the molecule is COCO[C@H]1CC[C@H]2CC[C@H](O)C[C@H]3CCC=C2[C@@H]31. The molecule has 3 aliphatic carbocycles. The van der Waals surface area contributed by atoms with Gasteiger partial charge in [0, 0.05) is 13.0 Å². The molecule has 5 atom stereocenters. The molecular formula is C16H26O3. The molecule has 2 fully saturated rings. The Hall–Kier alpha value is -0.380. The fourth-order valence-corrected chi connectivity index (χ4v) is 4.50. The lowest BCUT2D eigenvalue weighted by Gasteiger charge is -2.47. The Morgan fingerprint density at radius 3 is 2.89 bits per heavy atom. The fraction of sp³-hybridized carbons (Fsp3) is 0.875. The topological polar surface area (TPSA) is 38.7 Å². The molecule has 0 aromatic heterocycles. The zero-order chi connectivity index (χ0) is 13.2. The molecule has 0 aromatic carbocycles. The highest BCUT2D eigenvalue weighted by Gasteiger charge is 2.43. The Morgan fingerprint density at radius 2 is 2.05 bits per heavy atom. The zero-order valence-corrected chi connectivity index (χ0v) is 11.9. The van der Waals surface area contributed by atoms with Crippen LogP contribution in [-0.2, 0) is 9.47 Å². The van der Waals surface area contributed by atoms with Crippen molar-refractivity contribution >= 4 is 0 Å². The van der Waals surface area contributed by atoms with E-state index in [-0.39, 0.29) is 6.10 Å². The molecule has 0 aromatic rings. The number of ether oxygens (including phenoxy) is 2. The monoisotopic (exact) mass is 266 g/mol. The van der Waals surface area contributed by atoms with Crippen molar-refractivity contribution in [2.75, 3.05) is 13.9 Å². The largest absolute Gasteiger partial charge is 0.393 e. The highest BCUT2D eigenvalue weighted by Crippen LogP contribution is 2.49. The summed E-state index contributed by atoms with van der Waals surface area (Å²) in [6, 6.07) is 0. The molecule has 0 amide bonds. The Morgan fingerprint density at radius 1 is 1.21 bits per heavy atom. The third kappa shape index (κ3) is 2.74. The van der Waals surface area contributed by atoms with Crippen molar-refractivity contribution in [3.05, 3.63) is 11.6 Å². The van der Waals surface area contributed by atoms with E-state index in [1.54, 1.807) is 12.7 Å². The van der Waals surface area contributed by atoms with Crippen molar-refractivity contribution in [1.29, 1.82) is 0 Å². The van der Waals surface area contributed by atoms with Crippen LogP contribution >= 0.6 is 0 Å². The smallest absolute Gasteiger partial charge is 0.146 e. The van der Waals surface area contributed by atoms with Gasteiger partial charge in [-0.15, -0.1) is 0 Å². The van der Waals surface area contributed by atoms with Crippen LogP contribution < -0.4 is 0 Å². The van der Waals surface area contributed by atoms with Crippen molar-refractivity contribution in [3.63, 3.8) is 0 Å². The third-order valence-corrected chi connectivity index (χ3v) is 5.31. The molecule has 3 aliphatic rings. The van der Waals surface area contributed by atoms with Crippen molar-refractivity contribution in [2.45, 2.75) is 57.2 Å². The van der Waals surface area contributed by atoms with E-state index in [1.165, 1.54) is 19.3 Å². The summed E-state index contributed by atoms with van der Waals surface area (Å²) in [6.45, 7) is 0.397. The Labute approximate surface area is 116 Å². The maximum atomic E-state index is 10.2. The molecular weight excluding hydrogens is 240 g/mol. The summed E-state index contributed by atoms with van der Waals surface area (Å²) in [5, 5.41) is 10.2. The van der Waals surface area contributed by atoms with Gasteiger partial charge in [-0.05, 0) is 56.8 Å². The van der Waals surface area contributed by atoms with Crippen LogP contribution in [0.25, 0.3) is 0 Å². The molecule has 0 spiro atoms. The highest BCUT2D eigenvalue weighted by molar-refractivity contribution is 5.21. The number of aliphatic hydroxyl groups excluding tert-OH is 1. The summed E-state index contributed by atoms with van der Waals surface area (Å²) in [4.78, 5) is 0. The van der Waals surface area contributed by atoms with Gasteiger partial charge >= 0.3 is 0 Å². The summed E-state index contributed by atoms with van der Waals surface area (Å²) < 4.78 is 11.0. The molecule has 108 valence electrons. The minimum Gasteiger partial charge on any atom is -0.393 e. The first-order valence-electron chi connectivity index (χ1n) is 7.78. The van der Waals surface area contributed by atoms with Crippen molar-refractivity contribution in [1.82, 2.24) is 0 Å². The Bertz CT molecular complexity index is 339. The zero-order valence-electron chi connectivity index (χ0n) is 11.9. The Kier molecular flexibility index (Phi) is 4.25. The number of rotatable bonds is 3. The molecule has 0 unspecified atom stereocenters. The van der Waals surface area contributed by atoms with Gasteiger partial charge in [-0.1, -0.05) is 11.6 Å². The van der Waals surface area contributed by atoms with Gasteiger partial charge in [0.05, 0.1) is 12.2 Å². The second-order valence-electron chi connectivity index (χ2n) is 6.42. The van der Waals surface area contributed by atoms with E-state index in [2.05, 4.69) is 6.08 Å². The lowest BCUT2D eigenvalue weighted by Crippen LogP contribution is -2.43. The molecule has 3 rings (SSSR count). The lowest BCUT2D eigenvalue weighted by atomic mass is 9.62. The fourth-order valence-electron chi connectivity index (χ4n) is 4.50. The van der Waals surface area contributed by atoms with E-state index in [0.29, 0.717) is 30.7 Å². The minimum absolute atomic E-state index is 0.101. The molecule has 0 saturated heterocycles. The predicted molar refractivity (Wildman–Crippen MR) is 73.6 cm³/mol. The van der Waals surface area contributed by atoms with Crippen LogP contribution in [0.1, 0.15) is 44.9 Å².